The highest BCUT2D eigenvalue weighted by molar-refractivity contribution is 5.24. The number of aliphatic hydroxyl groups is 1. The summed E-state index contributed by atoms with van der Waals surface area (Å²) >= 11 is 0. The zero-order chi connectivity index (χ0) is 13.0. The Morgan fingerprint density at radius 3 is 2.33 bits per heavy atom. The Morgan fingerprint density at radius 2 is 1.78 bits per heavy atom. The molecule has 1 aromatic carbocycles. The highest BCUT2D eigenvalue weighted by Crippen LogP contribution is 2.45. The van der Waals surface area contributed by atoms with Gasteiger partial charge >= 0.3 is 0 Å². The van der Waals surface area contributed by atoms with E-state index in [1.807, 2.05) is 0 Å². The fourth-order valence-electron chi connectivity index (χ4n) is 2.80. The second-order valence-corrected chi connectivity index (χ2v) is 5.11. The number of benzene rings is 1. The smallest absolute Gasteiger partial charge is 0.129 e. The van der Waals surface area contributed by atoms with Gasteiger partial charge in [0.2, 0.25) is 0 Å². The molecule has 1 N–H and O–H groups in total. The number of halogens is 1. The van der Waals surface area contributed by atoms with Crippen LogP contribution in [0.5, 0.6) is 0 Å². The maximum atomic E-state index is 13.7. The van der Waals surface area contributed by atoms with E-state index in [2.05, 4.69) is 6.07 Å². The first-order chi connectivity index (χ1) is 8.69. The van der Waals surface area contributed by atoms with Crippen LogP contribution in [-0.4, -0.2) is 5.11 Å². The predicted molar refractivity (Wildman–Crippen MR) is 67.1 cm³/mol. The predicted octanol–water partition coefficient (Wildman–Crippen LogP) is 3.72. The summed E-state index contributed by atoms with van der Waals surface area (Å²) in [5.74, 6) is -0.427. The first kappa shape index (κ1) is 13.0. The molecule has 1 unspecified atom stereocenters. The van der Waals surface area contributed by atoms with Gasteiger partial charge in [0.05, 0.1) is 11.5 Å². The lowest BCUT2D eigenvalue weighted by atomic mass is 9.74. The molecule has 1 saturated carbocycles. The van der Waals surface area contributed by atoms with E-state index in [0.717, 1.165) is 25.7 Å². The van der Waals surface area contributed by atoms with Crippen molar-refractivity contribution in [3.05, 3.63) is 35.6 Å². The monoisotopic (exact) mass is 247 g/mol. The molecule has 0 bridgehead atoms. The van der Waals surface area contributed by atoms with Crippen LogP contribution in [0.15, 0.2) is 24.3 Å². The third-order valence-corrected chi connectivity index (χ3v) is 3.94. The standard InChI is InChI=1S/C15H18FNO/c16-13-8-4-3-7-12(13)14(18)15(11-17)9-5-1-2-6-10-15/h3-4,7-8,14,18H,1-2,5-6,9-10H2. The van der Waals surface area contributed by atoms with Gasteiger partial charge in [0.25, 0.3) is 0 Å². The molecule has 0 aromatic heterocycles. The summed E-state index contributed by atoms with van der Waals surface area (Å²) in [6, 6.07) is 8.47. The zero-order valence-corrected chi connectivity index (χ0v) is 10.4. The molecule has 1 aliphatic carbocycles. The Labute approximate surface area is 107 Å². The van der Waals surface area contributed by atoms with Gasteiger partial charge in [0, 0.05) is 5.56 Å². The number of nitrogens with zero attached hydrogens (tertiary/aromatic N) is 1. The van der Waals surface area contributed by atoms with E-state index < -0.39 is 17.3 Å². The van der Waals surface area contributed by atoms with Crippen LogP contribution in [0.4, 0.5) is 4.39 Å². The second-order valence-electron chi connectivity index (χ2n) is 5.11. The van der Waals surface area contributed by atoms with Crippen molar-refractivity contribution in [2.45, 2.75) is 44.6 Å². The summed E-state index contributed by atoms with van der Waals surface area (Å²) in [5, 5.41) is 19.9. The highest BCUT2D eigenvalue weighted by Gasteiger charge is 2.40. The van der Waals surface area contributed by atoms with Crippen molar-refractivity contribution in [1.29, 1.82) is 5.26 Å². The Kier molecular flexibility index (Phi) is 3.98. The Balaban J connectivity index is 2.32. The number of aliphatic hydroxyl groups excluding tert-OH is 1. The van der Waals surface area contributed by atoms with Crippen LogP contribution in [0.1, 0.15) is 50.2 Å². The van der Waals surface area contributed by atoms with Crippen molar-refractivity contribution in [1.82, 2.24) is 0 Å². The fourth-order valence-corrected chi connectivity index (χ4v) is 2.80. The first-order valence-corrected chi connectivity index (χ1v) is 6.53. The van der Waals surface area contributed by atoms with Gasteiger partial charge in [-0.2, -0.15) is 5.26 Å². The zero-order valence-electron chi connectivity index (χ0n) is 10.4. The van der Waals surface area contributed by atoms with E-state index in [9.17, 15) is 14.8 Å². The van der Waals surface area contributed by atoms with Crippen LogP contribution >= 0.6 is 0 Å². The van der Waals surface area contributed by atoms with Crippen LogP contribution in [-0.2, 0) is 0 Å². The van der Waals surface area contributed by atoms with Gasteiger partial charge in [-0.05, 0) is 18.9 Å². The van der Waals surface area contributed by atoms with Crippen molar-refractivity contribution >= 4 is 0 Å². The van der Waals surface area contributed by atoms with Gasteiger partial charge in [-0.25, -0.2) is 4.39 Å². The van der Waals surface area contributed by atoms with Gasteiger partial charge < -0.3 is 5.11 Å². The van der Waals surface area contributed by atoms with Crippen LogP contribution in [0.3, 0.4) is 0 Å². The summed E-state index contributed by atoms with van der Waals surface area (Å²) in [6.07, 6.45) is 4.32. The summed E-state index contributed by atoms with van der Waals surface area (Å²) in [6.45, 7) is 0. The molecule has 1 aromatic rings. The SMILES string of the molecule is N#CC1(C(O)c2ccccc2F)CCCCCC1. The molecular weight excluding hydrogens is 229 g/mol. The van der Waals surface area contributed by atoms with Crippen LogP contribution in [0.2, 0.25) is 0 Å². The quantitative estimate of drug-likeness (QED) is 0.809. The van der Waals surface area contributed by atoms with E-state index in [1.54, 1.807) is 18.2 Å². The molecule has 1 atom stereocenters. The van der Waals surface area contributed by atoms with Crippen LogP contribution in [0.25, 0.3) is 0 Å². The molecule has 0 aliphatic heterocycles. The van der Waals surface area contributed by atoms with E-state index in [1.165, 1.54) is 6.07 Å². The molecule has 0 heterocycles. The molecule has 18 heavy (non-hydrogen) atoms. The Hall–Kier alpha value is -1.40. The molecule has 0 saturated heterocycles. The normalized spacial score (nSPS) is 20.7. The maximum Gasteiger partial charge on any atom is 0.129 e. The van der Waals surface area contributed by atoms with Gasteiger partial charge in [-0.15, -0.1) is 0 Å². The molecule has 2 rings (SSSR count). The summed E-state index contributed by atoms with van der Waals surface area (Å²) in [7, 11) is 0. The molecule has 1 aliphatic rings. The average Bonchev–Trinajstić information content (AvgIpc) is 2.65. The molecule has 1 fully saturated rings. The molecule has 3 heteroatoms. The van der Waals surface area contributed by atoms with Gasteiger partial charge in [0.1, 0.15) is 11.9 Å². The Bertz CT molecular complexity index is 444. The molecule has 0 spiro atoms. The van der Waals surface area contributed by atoms with Crippen LogP contribution < -0.4 is 0 Å². The highest BCUT2D eigenvalue weighted by atomic mass is 19.1. The molecular formula is C15H18FNO. The summed E-state index contributed by atoms with van der Waals surface area (Å²) in [5.41, 5.74) is -0.570. The third kappa shape index (κ3) is 2.39. The van der Waals surface area contributed by atoms with Gasteiger partial charge in [-0.1, -0.05) is 43.9 Å². The van der Waals surface area contributed by atoms with E-state index in [0.29, 0.717) is 12.8 Å². The lowest BCUT2D eigenvalue weighted by Gasteiger charge is -2.31. The topological polar surface area (TPSA) is 44.0 Å². The maximum absolute atomic E-state index is 13.7. The van der Waals surface area contributed by atoms with Crippen molar-refractivity contribution in [2.75, 3.05) is 0 Å². The first-order valence-electron chi connectivity index (χ1n) is 6.53. The van der Waals surface area contributed by atoms with Crippen molar-refractivity contribution in [3.63, 3.8) is 0 Å². The number of rotatable bonds is 2. The largest absolute Gasteiger partial charge is 0.387 e. The number of nitriles is 1. The third-order valence-electron chi connectivity index (χ3n) is 3.94. The lowest BCUT2D eigenvalue weighted by molar-refractivity contribution is 0.0487. The van der Waals surface area contributed by atoms with E-state index in [4.69, 9.17) is 0 Å². The minimum atomic E-state index is -1.03. The van der Waals surface area contributed by atoms with E-state index in [-0.39, 0.29) is 5.56 Å². The second kappa shape index (κ2) is 5.49. The molecule has 0 amide bonds. The van der Waals surface area contributed by atoms with E-state index >= 15 is 0 Å². The minimum absolute atomic E-state index is 0.251. The van der Waals surface area contributed by atoms with Crippen molar-refractivity contribution < 1.29 is 9.50 Å². The summed E-state index contributed by atoms with van der Waals surface area (Å²) < 4.78 is 13.7. The van der Waals surface area contributed by atoms with Crippen molar-refractivity contribution in [2.24, 2.45) is 5.41 Å². The lowest BCUT2D eigenvalue weighted by Crippen LogP contribution is -2.27. The number of hydrogen-bond acceptors (Lipinski definition) is 2. The Morgan fingerprint density at radius 1 is 1.17 bits per heavy atom. The fraction of sp³-hybridized carbons (Fsp3) is 0.533. The molecule has 96 valence electrons. The molecule has 2 nitrogen and oxygen atoms in total. The minimum Gasteiger partial charge on any atom is -0.387 e. The number of hydrogen-bond donors (Lipinski definition) is 1. The van der Waals surface area contributed by atoms with Crippen LogP contribution in [0, 0.1) is 22.6 Å². The summed E-state index contributed by atoms with van der Waals surface area (Å²) in [4.78, 5) is 0. The van der Waals surface area contributed by atoms with Crippen molar-refractivity contribution in [3.8, 4) is 6.07 Å². The average molecular weight is 247 g/mol. The molecule has 0 radical (unpaired) electrons. The van der Waals surface area contributed by atoms with Gasteiger partial charge in [-0.3, -0.25) is 0 Å². The van der Waals surface area contributed by atoms with Gasteiger partial charge in [0.15, 0.2) is 0 Å².